The van der Waals surface area contributed by atoms with E-state index in [2.05, 4.69) is 9.47 Å². The van der Waals surface area contributed by atoms with Gasteiger partial charge in [0, 0.05) is 11.8 Å². The van der Waals surface area contributed by atoms with Crippen LogP contribution in [0.5, 0.6) is 11.5 Å². The number of rotatable bonds is 1. The molecule has 6 nitrogen and oxygen atoms in total. The lowest BCUT2D eigenvalue weighted by Crippen LogP contribution is -2.26. The van der Waals surface area contributed by atoms with E-state index in [1.807, 2.05) is 5.32 Å². The summed E-state index contributed by atoms with van der Waals surface area (Å²) in [4.78, 5) is 21.1. The van der Waals surface area contributed by atoms with E-state index in [9.17, 15) is 18.4 Å². The molecule has 8 heteroatoms. The molecule has 0 bridgehead atoms. The van der Waals surface area contributed by atoms with Crippen LogP contribution in [-0.2, 0) is 9.59 Å². The van der Waals surface area contributed by atoms with Crippen molar-refractivity contribution in [2.75, 3.05) is 5.32 Å². The molecule has 17 heavy (non-hydrogen) atoms. The maximum Gasteiger partial charge on any atom is 0.586 e. The average Bonchev–Trinajstić information content (AvgIpc) is 2.50. The van der Waals surface area contributed by atoms with Gasteiger partial charge in [-0.15, -0.1) is 8.78 Å². The predicted molar refractivity (Wildman–Crippen MR) is 48.9 cm³/mol. The zero-order valence-corrected chi connectivity index (χ0v) is 8.07. The highest BCUT2D eigenvalue weighted by Crippen LogP contribution is 2.42. The molecular formula is C9H5F2NO5. The number of hydrogen-bond acceptors (Lipinski definition) is 4. The number of carbonyl (C=O) groups is 2. The summed E-state index contributed by atoms with van der Waals surface area (Å²) in [6.07, 6.45) is -3.75. The van der Waals surface area contributed by atoms with Crippen molar-refractivity contribution >= 4 is 17.6 Å². The van der Waals surface area contributed by atoms with Crippen molar-refractivity contribution < 1.29 is 33.0 Å². The van der Waals surface area contributed by atoms with Gasteiger partial charge < -0.3 is 19.9 Å². The van der Waals surface area contributed by atoms with Gasteiger partial charge >= 0.3 is 18.2 Å². The molecule has 2 rings (SSSR count). The third-order valence-electron chi connectivity index (χ3n) is 1.85. The highest BCUT2D eigenvalue weighted by atomic mass is 19.3. The lowest BCUT2D eigenvalue weighted by atomic mass is 10.3. The van der Waals surface area contributed by atoms with Crippen molar-refractivity contribution in [2.24, 2.45) is 0 Å². The van der Waals surface area contributed by atoms with Gasteiger partial charge in [-0.2, -0.15) is 0 Å². The standard InChI is InChI=1S/C9H5F2NO5/c10-9(11)16-5-2-1-4(3-6(5)17-9)12-7(13)8(14)15/h1-3H,(H,12,13)(H,14,15). The number of alkyl halides is 2. The Labute approximate surface area is 92.7 Å². The van der Waals surface area contributed by atoms with Crippen LogP contribution < -0.4 is 14.8 Å². The number of carboxylic acid groups (broad SMARTS) is 1. The van der Waals surface area contributed by atoms with Crippen LogP contribution in [0.15, 0.2) is 18.2 Å². The second-order valence-electron chi connectivity index (χ2n) is 3.09. The molecule has 0 aliphatic carbocycles. The fourth-order valence-corrected chi connectivity index (χ4v) is 1.21. The Morgan fingerprint density at radius 2 is 1.88 bits per heavy atom. The van der Waals surface area contributed by atoms with Crippen LogP contribution in [0, 0.1) is 0 Å². The van der Waals surface area contributed by atoms with Crippen LogP contribution in [0.1, 0.15) is 0 Å². The van der Waals surface area contributed by atoms with Crippen LogP contribution in [-0.4, -0.2) is 23.3 Å². The van der Waals surface area contributed by atoms with Crippen molar-refractivity contribution in [3.63, 3.8) is 0 Å². The number of nitrogens with one attached hydrogen (secondary N) is 1. The minimum Gasteiger partial charge on any atom is -0.474 e. The molecule has 1 aliphatic heterocycles. The summed E-state index contributed by atoms with van der Waals surface area (Å²) in [5.41, 5.74) is 0.0115. The van der Waals surface area contributed by atoms with Crippen LogP contribution >= 0.6 is 0 Å². The summed E-state index contributed by atoms with van der Waals surface area (Å²) in [6.45, 7) is 0. The molecule has 1 aromatic rings. The van der Waals surface area contributed by atoms with E-state index in [0.717, 1.165) is 12.1 Å². The lowest BCUT2D eigenvalue weighted by molar-refractivity contribution is -0.286. The number of benzene rings is 1. The SMILES string of the molecule is O=C(O)C(=O)Nc1ccc2c(c1)OC(F)(F)O2. The van der Waals surface area contributed by atoms with E-state index in [1.165, 1.54) is 6.07 Å². The van der Waals surface area contributed by atoms with Crippen LogP contribution in [0.2, 0.25) is 0 Å². The first-order valence-corrected chi connectivity index (χ1v) is 4.31. The van der Waals surface area contributed by atoms with Gasteiger partial charge in [-0.25, -0.2) is 4.79 Å². The van der Waals surface area contributed by atoms with E-state index in [-0.39, 0.29) is 17.2 Å². The van der Waals surface area contributed by atoms with Gasteiger partial charge in [-0.3, -0.25) is 4.79 Å². The number of anilines is 1. The number of halogens is 2. The summed E-state index contributed by atoms with van der Waals surface area (Å²) >= 11 is 0. The van der Waals surface area contributed by atoms with Crippen molar-refractivity contribution in [2.45, 2.75) is 6.29 Å². The van der Waals surface area contributed by atoms with Crippen LogP contribution in [0.25, 0.3) is 0 Å². The van der Waals surface area contributed by atoms with Crippen molar-refractivity contribution in [3.05, 3.63) is 18.2 Å². The number of ether oxygens (including phenoxy) is 2. The monoisotopic (exact) mass is 245 g/mol. The highest BCUT2D eigenvalue weighted by molar-refractivity contribution is 6.36. The number of amides is 1. The molecule has 0 saturated heterocycles. The third kappa shape index (κ3) is 2.25. The Morgan fingerprint density at radius 1 is 1.24 bits per heavy atom. The molecule has 0 fully saturated rings. The van der Waals surface area contributed by atoms with Crippen molar-refractivity contribution in [1.29, 1.82) is 0 Å². The largest absolute Gasteiger partial charge is 0.586 e. The minimum atomic E-state index is -3.75. The number of carbonyl (C=O) groups excluding carboxylic acids is 1. The minimum absolute atomic E-state index is 0.0115. The molecular weight excluding hydrogens is 240 g/mol. The molecule has 0 atom stereocenters. The number of fused-ring (bicyclic) bond motifs is 1. The Hall–Kier alpha value is -2.38. The fraction of sp³-hybridized carbons (Fsp3) is 0.111. The fourth-order valence-electron chi connectivity index (χ4n) is 1.21. The van der Waals surface area contributed by atoms with Crippen molar-refractivity contribution in [1.82, 2.24) is 0 Å². The van der Waals surface area contributed by atoms with E-state index in [1.54, 1.807) is 0 Å². The lowest BCUT2D eigenvalue weighted by Gasteiger charge is -2.04. The number of hydrogen-bond donors (Lipinski definition) is 2. The summed E-state index contributed by atoms with van der Waals surface area (Å²) in [6, 6.07) is 3.38. The first-order chi connectivity index (χ1) is 7.87. The first-order valence-electron chi connectivity index (χ1n) is 4.31. The summed E-state index contributed by atoms with van der Waals surface area (Å²) in [7, 11) is 0. The molecule has 0 unspecified atom stereocenters. The van der Waals surface area contributed by atoms with Crippen LogP contribution in [0.4, 0.5) is 14.5 Å². The highest BCUT2D eigenvalue weighted by Gasteiger charge is 2.43. The van der Waals surface area contributed by atoms with Gasteiger partial charge in [0.25, 0.3) is 0 Å². The van der Waals surface area contributed by atoms with Crippen LogP contribution in [0.3, 0.4) is 0 Å². The van der Waals surface area contributed by atoms with Gasteiger partial charge in [-0.05, 0) is 12.1 Å². The average molecular weight is 245 g/mol. The number of aliphatic carboxylic acids is 1. The summed E-state index contributed by atoms with van der Waals surface area (Å²) in [5, 5.41) is 10.3. The normalized spacial score (nSPS) is 15.4. The van der Waals surface area contributed by atoms with E-state index >= 15 is 0 Å². The third-order valence-corrected chi connectivity index (χ3v) is 1.85. The van der Waals surface area contributed by atoms with Gasteiger partial charge in [0.15, 0.2) is 11.5 Å². The predicted octanol–water partition coefficient (Wildman–Crippen LogP) is 1.03. The Kier molecular flexibility index (Phi) is 2.34. The molecule has 1 heterocycles. The molecule has 1 amide bonds. The molecule has 2 N–H and O–H groups in total. The summed E-state index contributed by atoms with van der Waals surface area (Å²) in [5.74, 6) is -3.44. The Morgan fingerprint density at radius 3 is 2.53 bits per heavy atom. The van der Waals surface area contributed by atoms with Crippen molar-refractivity contribution in [3.8, 4) is 11.5 Å². The first kappa shape index (κ1) is 11.1. The molecule has 0 radical (unpaired) electrons. The second kappa shape index (κ2) is 3.58. The van der Waals surface area contributed by atoms with Gasteiger partial charge in [0.2, 0.25) is 0 Å². The van der Waals surface area contributed by atoms with E-state index < -0.39 is 18.2 Å². The molecule has 90 valence electrons. The molecule has 0 aromatic heterocycles. The summed E-state index contributed by atoms with van der Waals surface area (Å²) < 4.78 is 33.5. The Balaban J connectivity index is 2.19. The molecule has 1 aliphatic rings. The topological polar surface area (TPSA) is 84.9 Å². The van der Waals surface area contributed by atoms with Gasteiger partial charge in [0.1, 0.15) is 0 Å². The molecule has 0 saturated carbocycles. The second-order valence-corrected chi connectivity index (χ2v) is 3.09. The van der Waals surface area contributed by atoms with E-state index in [0.29, 0.717) is 0 Å². The molecule has 0 spiro atoms. The molecule has 1 aromatic carbocycles. The quantitative estimate of drug-likeness (QED) is 0.722. The zero-order chi connectivity index (χ0) is 12.6. The zero-order valence-electron chi connectivity index (χ0n) is 8.07. The van der Waals surface area contributed by atoms with Gasteiger partial charge in [-0.1, -0.05) is 0 Å². The smallest absolute Gasteiger partial charge is 0.474 e. The number of carboxylic acids is 1. The maximum absolute atomic E-state index is 12.6. The van der Waals surface area contributed by atoms with E-state index in [4.69, 9.17) is 5.11 Å². The Bertz CT molecular complexity index is 502. The maximum atomic E-state index is 12.6. The van der Waals surface area contributed by atoms with Gasteiger partial charge in [0.05, 0.1) is 0 Å².